The van der Waals surface area contributed by atoms with Gasteiger partial charge in [0.1, 0.15) is 22.8 Å². The molecule has 0 saturated carbocycles. The van der Waals surface area contributed by atoms with Crippen LogP contribution >= 0.6 is 0 Å². The Labute approximate surface area is 170 Å². The van der Waals surface area contributed by atoms with Crippen molar-refractivity contribution >= 4 is 17.3 Å². The van der Waals surface area contributed by atoms with E-state index >= 15 is 0 Å². The third-order valence-electron chi connectivity index (χ3n) is 4.47. The molecule has 0 aromatic heterocycles. The number of rotatable bonds is 8. The minimum atomic E-state index is -0.297. The molecule has 3 aromatic rings. The number of methoxy groups -OCH3 is 3. The van der Waals surface area contributed by atoms with Crippen LogP contribution < -0.4 is 24.8 Å². The molecule has 0 heterocycles. The topological polar surface area (TPSA) is 68.8 Å². The molecule has 6 heteroatoms. The third kappa shape index (κ3) is 4.79. The molecule has 0 aliphatic carbocycles. The van der Waals surface area contributed by atoms with Crippen molar-refractivity contribution in [3.05, 3.63) is 77.9 Å². The van der Waals surface area contributed by atoms with Crippen LogP contribution in [0.25, 0.3) is 0 Å². The van der Waals surface area contributed by atoms with Crippen LogP contribution in [0.1, 0.15) is 15.9 Å². The Morgan fingerprint density at radius 2 is 1.28 bits per heavy atom. The summed E-state index contributed by atoms with van der Waals surface area (Å²) in [5.41, 5.74) is 3.03. The van der Waals surface area contributed by atoms with Crippen molar-refractivity contribution in [2.45, 2.75) is 6.54 Å². The average Bonchev–Trinajstić information content (AvgIpc) is 2.78. The Kier molecular flexibility index (Phi) is 6.58. The molecule has 2 N–H and O–H groups in total. The van der Waals surface area contributed by atoms with E-state index in [1.54, 1.807) is 25.3 Å². The highest BCUT2D eigenvalue weighted by Crippen LogP contribution is 2.29. The zero-order valence-corrected chi connectivity index (χ0v) is 16.7. The van der Waals surface area contributed by atoms with Gasteiger partial charge >= 0.3 is 0 Å². The number of benzene rings is 3. The Morgan fingerprint density at radius 1 is 0.724 bits per heavy atom. The minimum absolute atomic E-state index is 0.297. The van der Waals surface area contributed by atoms with E-state index in [0.717, 1.165) is 17.0 Å². The van der Waals surface area contributed by atoms with E-state index in [2.05, 4.69) is 10.6 Å². The van der Waals surface area contributed by atoms with E-state index in [1.807, 2.05) is 48.5 Å². The maximum Gasteiger partial charge on any atom is 0.263 e. The fourth-order valence-electron chi connectivity index (χ4n) is 2.99. The monoisotopic (exact) mass is 392 g/mol. The first-order valence-electron chi connectivity index (χ1n) is 9.14. The minimum Gasteiger partial charge on any atom is -0.496 e. The molecule has 29 heavy (non-hydrogen) atoms. The van der Waals surface area contributed by atoms with Crippen molar-refractivity contribution in [1.82, 2.24) is 0 Å². The number of amides is 1. The van der Waals surface area contributed by atoms with Crippen LogP contribution in [0.4, 0.5) is 11.4 Å². The summed E-state index contributed by atoms with van der Waals surface area (Å²) in [5.74, 6) is 1.46. The predicted molar refractivity (Wildman–Crippen MR) is 114 cm³/mol. The number of carbonyl (C=O) groups is 1. The summed E-state index contributed by atoms with van der Waals surface area (Å²) < 4.78 is 16.0. The smallest absolute Gasteiger partial charge is 0.263 e. The maximum atomic E-state index is 12.7. The molecule has 0 aliphatic heterocycles. The molecule has 3 rings (SSSR count). The van der Waals surface area contributed by atoms with Crippen LogP contribution in [0.2, 0.25) is 0 Å². The van der Waals surface area contributed by atoms with Gasteiger partial charge < -0.3 is 24.8 Å². The van der Waals surface area contributed by atoms with Gasteiger partial charge in [0.15, 0.2) is 0 Å². The molecular formula is C23H24N2O4. The zero-order chi connectivity index (χ0) is 20.6. The normalized spacial score (nSPS) is 10.2. The van der Waals surface area contributed by atoms with Crippen molar-refractivity contribution in [2.24, 2.45) is 0 Å². The molecule has 0 saturated heterocycles. The van der Waals surface area contributed by atoms with Crippen LogP contribution in [-0.2, 0) is 6.54 Å². The summed E-state index contributed by atoms with van der Waals surface area (Å²) in [4.78, 5) is 12.7. The standard InChI is InChI=1S/C23H24N2O4/c1-27-19-8-5-4-7-16(19)15-24-17-11-13-18(14-12-17)25-23(26)22-20(28-2)9-6-10-21(22)29-3/h4-14,24H,15H2,1-3H3,(H,25,26). The lowest BCUT2D eigenvalue weighted by Gasteiger charge is -2.14. The second-order valence-electron chi connectivity index (χ2n) is 6.23. The number of ether oxygens (including phenoxy) is 3. The van der Waals surface area contributed by atoms with E-state index < -0.39 is 0 Å². The van der Waals surface area contributed by atoms with Gasteiger partial charge in [0.05, 0.1) is 21.3 Å². The molecule has 0 bridgehead atoms. The Bertz CT molecular complexity index is 949. The Morgan fingerprint density at radius 3 is 1.90 bits per heavy atom. The molecule has 6 nitrogen and oxygen atoms in total. The number of nitrogens with one attached hydrogen (secondary N) is 2. The molecule has 0 atom stereocenters. The van der Waals surface area contributed by atoms with Crippen LogP contribution in [0, 0.1) is 0 Å². The van der Waals surface area contributed by atoms with Gasteiger partial charge in [0.25, 0.3) is 5.91 Å². The van der Waals surface area contributed by atoms with E-state index in [0.29, 0.717) is 29.3 Å². The molecule has 0 aliphatic rings. The Balaban J connectivity index is 1.67. The van der Waals surface area contributed by atoms with Crippen LogP contribution in [0.5, 0.6) is 17.2 Å². The molecule has 1 amide bonds. The summed E-state index contributed by atoms with van der Waals surface area (Å²) in [6, 6.07) is 20.6. The summed E-state index contributed by atoms with van der Waals surface area (Å²) in [6.45, 7) is 0.633. The largest absolute Gasteiger partial charge is 0.496 e. The number of carbonyl (C=O) groups excluding carboxylic acids is 1. The highest BCUT2D eigenvalue weighted by Gasteiger charge is 2.18. The summed E-state index contributed by atoms with van der Waals surface area (Å²) in [6.07, 6.45) is 0. The highest BCUT2D eigenvalue weighted by molar-refractivity contribution is 6.08. The van der Waals surface area contributed by atoms with E-state index in [4.69, 9.17) is 14.2 Å². The summed E-state index contributed by atoms with van der Waals surface area (Å²) in [7, 11) is 4.70. The lowest BCUT2D eigenvalue weighted by molar-refractivity contribution is 0.102. The zero-order valence-electron chi connectivity index (χ0n) is 16.7. The van der Waals surface area contributed by atoms with Crippen LogP contribution in [-0.4, -0.2) is 27.2 Å². The first-order valence-corrected chi connectivity index (χ1v) is 9.14. The molecule has 3 aromatic carbocycles. The average molecular weight is 392 g/mol. The fraction of sp³-hybridized carbons (Fsp3) is 0.174. The van der Waals surface area contributed by atoms with Gasteiger partial charge in [-0.05, 0) is 42.5 Å². The quantitative estimate of drug-likeness (QED) is 0.587. The second kappa shape index (κ2) is 9.50. The van der Waals surface area contributed by atoms with E-state index in [-0.39, 0.29) is 5.91 Å². The SMILES string of the molecule is COc1ccccc1CNc1ccc(NC(=O)c2c(OC)cccc2OC)cc1. The van der Waals surface area contributed by atoms with Gasteiger partial charge in [-0.2, -0.15) is 0 Å². The van der Waals surface area contributed by atoms with Crippen molar-refractivity contribution < 1.29 is 19.0 Å². The van der Waals surface area contributed by atoms with Crippen molar-refractivity contribution in [1.29, 1.82) is 0 Å². The second-order valence-corrected chi connectivity index (χ2v) is 6.23. The fourth-order valence-corrected chi connectivity index (χ4v) is 2.99. The third-order valence-corrected chi connectivity index (χ3v) is 4.47. The van der Waals surface area contributed by atoms with Gasteiger partial charge in [-0.1, -0.05) is 24.3 Å². The molecular weight excluding hydrogens is 368 g/mol. The lowest BCUT2D eigenvalue weighted by atomic mass is 10.1. The van der Waals surface area contributed by atoms with Gasteiger partial charge in [-0.3, -0.25) is 4.79 Å². The molecule has 0 unspecified atom stereocenters. The van der Waals surface area contributed by atoms with Crippen molar-refractivity contribution in [3.8, 4) is 17.2 Å². The number of hydrogen-bond acceptors (Lipinski definition) is 5. The molecule has 150 valence electrons. The van der Waals surface area contributed by atoms with Gasteiger partial charge in [0.2, 0.25) is 0 Å². The number of anilines is 2. The van der Waals surface area contributed by atoms with E-state index in [9.17, 15) is 4.79 Å². The molecule has 0 radical (unpaired) electrons. The van der Waals surface area contributed by atoms with Gasteiger partial charge in [-0.25, -0.2) is 0 Å². The number of hydrogen-bond donors (Lipinski definition) is 2. The van der Waals surface area contributed by atoms with Crippen molar-refractivity contribution in [3.63, 3.8) is 0 Å². The summed E-state index contributed by atoms with van der Waals surface area (Å²) >= 11 is 0. The maximum absolute atomic E-state index is 12.7. The predicted octanol–water partition coefficient (Wildman–Crippen LogP) is 4.58. The molecule has 0 spiro atoms. The van der Waals surface area contributed by atoms with Gasteiger partial charge in [-0.15, -0.1) is 0 Å². The first-order chi connectivity index (χ1) is 14.2. The van der Waals surface area contributed by atoms with Gasteiger partial charge in [0, 0.05) is 23.5 Å². The summed E-state index contributed by atoms with van der Waals surface area (Å²) in [5, 5.41) is 6.23. The van der Waals surface area contributed by atoms with Crippen LogP contribution in [0.3, 0.4) is 0 Å². The number of para-hydroxylation sites is 1. The van der Waals surface area contributed by atoms with Crippen molar-refractivity contribution in [2.75, 3.05) is 32.0 Å². The molecule has 0 fully saturated rings. The highest BCUT2D eigenvalue weighted by atomic mass is 16.5. The van der Waals surface area contributed by atoms with Crippen LogP contribution in [0.15, 0.2) is 66.7 Å². The lowest BCUT2D eigenvalue weighted by Crippen LogP contribution is -2.14. The van der Waals surface area contributed by atoms with E-state index in [1.165, 1.54) is 14.2 Å². The first kappa shape index (κ1) is 20.1. The Hall–Kier alpha value is -3.67.